The van der Waals surface area contributed by atoms with Crippen molar-refractivity contribution in [3.8, 4) is 0 Å². The van der Waals surface area contributed by atoms with Crippen molar-refractivity contribution in [3.05, 3.63) is 65.7 Å². The molecule has 0 saturated carbocycles. The number of carbonyl (C=O) groups is 3. The first-order chi connectivity index (χ1) is 12.6. The molecule has 1 aliphatic rings. The minimum absolute atomic E-state index is 0.316. The van der Waals surface area contributed by atoms with Gasteiger partial charge in [-0.25, -0.2) is 0 Å². The lowest BCUT2D eigenvalue weighted by atomic mass is 10.1. The van der Waals surface area contributed by atoms with E-state index in [0.29, 0.717) is 17.7 Å². The second kappa shape index (κ2) is 8.19. The van der Waals surface area contributed by atoms with Gasteiger partial charge < -0.3 is 5.32 Å². The lowest BCUT2D eigenvalue weighted by molar-refractivity contribution is -0.124. The van der Waals surface area contributed by atoms with Crippen molar-refractivity contribution in [3.63, 3.8) is 0 Å². The number of nitrogens with zero attached hydrogens (tertiary/aromatic N) is 1. The van der Waals surface area contributed by atoms with Gasteiger partial charge in [0.25, 0.3) is 11.8 Å². The summed E-state index contributed by atoms with van der Waals surface area (Å²) in [6.45, 7) is 2.09. The van der Waals surface area contributed by atoms with Gasteiger partial charge in [0.1, 0.15) is 6.04 Å². The topological polar surface area (TPSA) is 66.5 Å². The van der Waals surface area contributed by atoms with E-state index in [0.717, 1.165) is 17.1 Å². The summed E-state index contributed by atoms with van der Waals surface area (Å²) in [4.78, 5) is 39.4. The molecule has 2 aromatic rings. The zero-order valence-corrected chi connectivity index (χ0v) is 15.3. The van der Waals surface area contributed by atoms with Gasteiger partial charge in [0.2, 0.25) is 5.91 Å². The summed E-state index contributed by atoms with van der Waals surface area (Å²) in [7, 11) is 0. The van der Waals surface area contributed by atoms with Gasteiger partial charge in [0.05, 0.1) is 11.1 Å². The molecule has 0 radical (unpaired) electrons. The Morgan fingerprint density at radius 1 is 1.00 bits per heavy atom. The fourth-order valence-electron chi connectivity index (χ4n) is 2.82. The molecular formula is C20H20N2O3S. The van der Waals surface area contributed by atoms with E-state index in [1.54, 1.807) is 43.0 Å². The molecule has 1 aliphatic heterocycles. The molecule has 6 heteroatoms. The van der Waals surface area contributed by atoms with Crippen LogP contribution in [0, 0.1) is 0 Å². The van der Waals surface area contributed by atoms with Crippen LogP contribution in [0.3, 0.4) is 0 Å². The maximum absolute atomic E-state index is 12.4. The number of hydrogen-bond donors (Lipinski definition) is 1. The Bertz CT molecular complexity index is 788. The molecule has 1 N–H and O–H groups in total. The van der Waals surface area contributed by atoms with Gasteiger partial charge in [-0.3, -0.25) is 19.3 Å². The Hall–Kier alpha value is -2.60. The molecule has 0 fully saturated rings. The number of thioether (sulfide) groups is 1. The first-order valence-electron chi connectivity index (χ1n) is 8.52. The van der Waals surface area contributed by atoms with Gasteiger partial charge in [-0.05, 0) is 43.4 Å². The Morgan fingerprint density at radius 2 is 1.58 bits per heavy atom. The average Bonchev–Trinajstić information content (AvgIpc) is 2.92. The fraction of sp³-hybridized carbons (Fsp3) is 0.250. The molecular weight excluding hydrogens is 348 g/mol. The van der Waals surface area contributed by atoms with E-state index in [4.69, 9.17) is 0 Å². The third-order valence-electron chi connectivity index (χ3n) is 4.22. The fourth-order valence-corrected chi connectivity index (χ4v) is 3.69. The maximum Gasteiger partial charge on any atom is 0.262 e. The van der Waals surface area contributed by atoms with Crippen LogP contribution in [0.1, 0.15) is 34.1 Å². The predicted molar refractivity (Wildman–Crippen MR) is 101 cm³/mol. The van der Waals surface area contributed by atoms with Crippen molar-refractivity contribution >= 4 is 29.5 Å². The lowest BCUT2D eigenvalue weighted by Gasteiger charge is -2.21. The molecule has 0 bridgehead atoms. The van der Waals surface area contributed by atoms with Crippen molar-refractivity contribution < 1.29 is 14.4 Å². The van der Waals surface area contributed by atoms with Crippen molar-refractivity contribution in [1.82, 2.24) is 10.2 Å². The highest BCUT2D eigenvalue weighted by atomic mass is 32.2. The van der Waals surface area contributed by atoms with Crippen molar-refractivity contribution in [1.29, 1.82) is 0 Å². The molecule has 0 unspecified atom stereocenters. The number of benzene rings is 2. The number of rotatable bonds is 7. The van der Waals surface area contributed by atoms with Gasteiger partial charge in [-0.1, -0.05) is 30.3 Å². The van der Waals surface area contributed by atoms with Crippen LogP contribution in [0.4, 0.5) is 0 Å². The van der Waals surface area contributed by atoms with Crippen LogP contribution < -0.4 is 5.32 Å². The monoisotopic (exact) mass is 368 g/mol. The number of amides is 3. The normalized spacial score (nSPS) is 14.3. The van der Waals surface area contributed by atoms with E-state index < -0.39 is 17.9 Å². The number of imide groups is 1. The van der Waals surface area contributed by atoms with Gasteiger partial charge in [0, 0.05) is 11.4 Å². The van der Waals surface area contributed by atoms with E-state index in [1.165, 1.54) is 4.90 Å². The zero-order valence-electron chi connectivity index (χ0n) is 14.5. The SMILES string of the molecule is C[C@@H](C(=O)NCCCSc1ccccc1)N1C(=O)c2ccccc2C1=O. The predicted octanol–water partition coefficient (Wildman–Crippen LogP) is 2.97. The molecule has 1 atom stereocenters. The Labute approximate surface area is 156 Å². The molecule has 3 rings (SSSR count). The second-order valence-corrected chi connectivity index (χ2v) is 7.18. The summed E-state index contributed by atoms with van der Waals surface area (Å²) >= 11 is 1.73. The average molecular weight is 368 g/mol. The summed E-state index contributed by atoms with van der Waals surface area (Å²) < 4.78 is 0. The molecule has 0 aliphatic carbocycles. The number of carbonyl (C=O) groups excluding carboxylic acids is 3. The van der Waals surface area contributed by atoms with Crippen LogP contribution in [0.25, 0.3) is 0 Å². The lowest BCUT2D eigenvalue weighted by Crippen LogP contribution is -2.48. The van der Waals surface area contributed by atoms with Crippen molar-refractivity contribution in [2.45, 2.75) is 24.3 Å². The molecule has 0 saturated heterocycles. The van der Waals surface area contributed by atoms with Crippen LogP contribution in [0.15, 0.2) is 59.5 Å². The molecule has 134 valence electrons. The Morgan fingerprint density at radius 3 is 2.19 bits per heavy atom. The van der Waals surface area contributed by atoms with E-state index in [9.17, 15) is 14.4 Å². The first-order valence-corrected chi connectivity index (χ1v) is 9.50. The summed E-state index contributed by atoms with van der Waals surface area (Å²) in [5.74, 6) is -0.254. The Kier molecular flexibility index (Phi) is 5.73. The van der Waals surface area contributed by atoms with Crippen LogP contribution in [0.5, 0.6) is 0 Å². The van der Waals surface area contributed by atoms with Gasteiger partial charge in [-0.2, -0.15) is 0 Å². The van der Waals surface area contributed by atoms with Gasteiger partial charge >= 0.3 is 0 Å². The smallest absolute Gasteiger partial charge is 0.262 e. The van der Waals surface area contributed by atoms with Crippen molar-refractivity contribution in [2.24, 2.45) is 0 Å². The zero-order chi connectivity index (χ0) is 18.5. The van der Waals surface area contributed by atoms with E-state index in [2.05, 4.69) is 5.32 Å². The quantitative estimate of drug-likeness (QED) is 0.464. The van der Waals surface area contributed by atoms with Crippen LogP contribution >= 0.6 is 11.8 Å². The highest BCUT2D eigenvalue weighted by molar-refractivity contribution is 7.99. The molecule has 5 nitrogen and oxygen atoms in total. The molecule has 0 spiro atoms. The molecule has 1 heterocycles. The second-order valence-electron chi connectivity index (χ2n) is 6.01. The number of nitrogens with one attached hydrogen (secondary N) is 1. The van der Waals surface area contributed by atoms with Crippen LogP contribution in [-0.4, -0.2) is 41.0 Å². The maximum atomic E-state index is 12.4. The number of fused-ring (bicyclic) bond motifs is 1. The van der Waals surface area contributed by atoms with Gasteiger partial charge in [-0.15, -0.1) is 11.8 Å². The summed E-state index contributed by atoms with van der Waals surface area (Å²) in [5, 5.41) is 2.82. The molecule has 2 aromatic carbocycles. The van der Waals surface area contributed by atoms with Gasteiger partial charge in [0.15, 0.2) is 0 Å². The number of hydrogen-bond acceptors (Lipinski definition) is 4. The minimum Gasteiger partial charge on any atom is -0.354 e. The first kappa shape index (κ1) is 18.2. The molecule has 26 heavy (non-hydrogen) atoms. The largest absolute Gasteiger partial charge is 0.354 e. The summed E-state index contributed by atoms with van der Waals surface area (Å²) in [6, 6.07) is 15.9. The van der Waals surface area contributed by atoms with E-state index >= 15 is 0 Å². The van der Waals surface area contributed by atoms with E-state index in [-0.39, 0.29) is 5.91 Å². The van der Waals surface area contributed by atoms with Crippen LogP contribution in [0.2, 0.25) is 0 Å². The minimum atomic E-state index is -0.829. The van der Waals surface area contributed by atoms with Crippen molar-refractivity contribution in [2.75, 3.05) is 12.3 Å². The molecule has 3 amide bonds. The summed E-state index contributed by atoms with van der Waals surface area (Å²) in [5.41, 5.74) is 0.716. The molecule has 0 aromatic heterocycles. The highest BCUT2D eigenvalue weighted by Crippen LogP contribution is 2.24. The third kappa shape index (κ3) is 3.80. The summed E-state index contributed by atoms with van der Waals surface area (Å²) in [6.07, 6.45) is 0.806. The third-order valence-corrected chi connectivity index (χ3v) is 5.32. The Balaban J connectivity index is 1.48. The van der Waals surface area contributed by atoms with E-state index in [1.807, 2.05) is 30.3 Å². The van der Waals surface area contributed by atoms with Crippen LogP contribution in [-0.2, 0) is 4.79 Å². The standard InChI is InChI=1S/C20H20N2O3S/c1-14(22-19(24)16-10-5-6-11-17(16)20(22)25)18(23)21-12-7-13-26-15-8-3-2-4-9-15/h2-6,8-11,14H,7,12-13H2,1H3,(H,21,23)/t14-/m0/s1. The highest BCUT2D eigenvalue weighted by Gasteiger charge is 2.40.